The maximum absolute atomic E-state index is 10.9. The van der Waals surface area contributed by atoms with Crippen LogP contribution >= 0.6 is 0 Å². The quantitative estimate of drug-likeness (QED) is 0.494. The molecule has 0 spiro atoms. The number of hydrogen-bond donors (Lipinski definition) is 4. The molecule has 1 aromatic rings. The van der Waals surface area contributed by atoms with Crippen molar-refractivity contribution < 1.29 is 20.1 Å². The molecule has 0 aromatic carbocycles. The summed E-state index contributed by atoms with van der Waals surface area (Å²) in [7, 11) is 0. The monoisotopic (exact) mass is 227 g/mol. The molecule has 4 atom stereocenters. The Bertz CT molecular complexity index is 397. The lowest BCUT2D eigenvalue weighted by Crippen LogP contribution is -2.32. The molecule has 2 rings (SSSR count). The highest BCUT2D eigenvalue weighted by Gasteiger charge is 2.42. The lowest BCUT2D eigenvalue weighted by atomic mass is 10.0. The van der Waals surface area contributed by atoms with Gasteiger partial charge in [-0.05, 0) is 11.6 Å². The van der Waals surface area contributed by atoms with Gasteiger partial charge in [-0.2, -0.15) is 0 Å². The van der Waals surface area contributed by atoms with Gasteiger partial charge in [-0.1, -0.05) is 0 Å². The zero-order valence-electron chi connectivity index (χ0n) is 8.41. The number of aromatic nitrogens is 1. The van der Waals surface area contributed by atoms with Crippen molar-refractivity contribution in [2.75, 3.05) is 6.61 Å². The Labute approximate surface area is 91.1 Å². The lowest BCUT2D eigenvalue weighted by Gasteiger charge is -2.14. The molecule has 0 aliphatic carbocycles. The maximum atomic E-state index is 10.9. The summed E-state index contributed by atoms with van der Waals surface area (Å²) in [6.45, 7) is -0.363. The topological polar surface area (TPSA) is 103 Å². The van der Waals surface area contributed by atoms with Gasteiger partial charge in [0.2, 0.25) is 5.56 Å². The van der Waals surface area contributed by atoms with Gasteiger partial charge in [0.1, 0.15) is 24.4 Å². The highest BCUT2D eigenvalue weighted by molar-refractivity contribution is 5.16. The van der Waals surface area contributed by atoms with Crippen molar-refractivity contribution in [3.05, 3.63) is 34.2 Å². The molecule has 16 heavy (non-hydrogen) atoms. The predicted octanol–water partition coefficient (Wildman–Crippen LogP) is -1.47. The molecule has 1 aliphatic rings. The molecule has 88 valence electrons. The third kappa shape index (κ3) is 1.88. The first-order chi connectivity index (χ1) is 7.63. The minimum atomic E-state index is -1.12. The number of pyridine rings is 1. The van der Waals surface area contributed by atoms with Crippen LogP contribution in [0.3, 0.4) is 0 Å². The van der Waals surface area contributed by atoms with E-state index in [0.29, 0.717) is 5.56 Å². The van der Waals surface area contributed by atoms with E-state index >= 15 is 0 Å². The molecule has 0 radical (unpaired) electrons. The molecule has 4 N–H and O–H groups in total. The SMILES string of the molecule is O=c1ccc([C@H]2O[C@H](CO)[C@@H](O)[C@H]2O)c[nH]1. The second-order valence-electron chi connectivity index (χ2n) is 3.75. The molecule has 0 amide bonds. The second-order valence-corrected chi connectivity index (χ2v) is 3.75. The fourth-order valence-corrected chi connectivity index (χ4v) is 1.77. The Hall–Kier alpha value is -1.21. The Balaban J connectivity index is 2.22. The maximum Gasteiger partial charge on any atom is 0.247 e. The number of aliphatic hydroxyl groups excluding tert-OH is 3. The Morgan fingerprint density at radius 2 is 2.06 bits per heavy atom. The molecule has 6 nitrogen and oxygen atoms in total. The van der Waals surface area contributed by atoms with Crippen molar-refractivity contribution in [1.82, 2.24) is 4.98 Å². The molecule has 1 aromatic heterocycles. The number of H-pyrrole nitrogens is 1. The van der Waals surface area contributed by atoms with E-state index in [1.165, 1.54) is 18.3 Å². The standard InChI is InChI=1S/C10H13NO5/c12-4-6-8(14)9(15)10(16-6)5-1-2-7(13)11-3-5/h1-3,6,8-10,12,14-15H,4H2,(H,11,13)/t6-,8-,9-,10-/m1/s1. The third-order valence-corrected chi connectivity index (χ3v) is 2.68. The number of aliphatic hydroxyl groups is 3. The van der Waals surface area contributed by atoms with Crippen molar-refractivity contribution >= 4 is 0 Å². The van der Waals surface area contributed by atoms with E-state index in [2.05, 4.69) is 4.98 Å². The Kier molecular flexibility index (Phi) is 3.06. The summed E-state index contributed by atoms with van der Waals surface area (Å²) in [5.74, 6) is 0. The van der Waals surface area contributed by atoms with Gasteiger partial charge in [0.15, 0.2) is 0 Å². The van der Waals surface area contributed by atoms with E-state index in [9.17, 15) is 15.0 Å². The first kappa shape index (κ1) is 11.3. The highest BCUT2D eigenvalue weighted by Crippen LogP contribution is 2.32. The van der Waals surface area contributed by atoms with Crippen LogP contribution in [0.1, 0.15) is 11.7 Å². The zero-order valence-corrected chi connectivity index (χ0v) is 8.41. The summed E-state index contributed by atoms with van der Waals surface area (Å²) in [6.07, 6.45) is -2.34. The van der Waals surface area contributed by atoms with Crippen LogP contribution in [-0.2, 0) is 4.74 Å². The van der Waals surface area contributed by atoms with Crippen LogP contribution < -0.4 is 5.56 Å². The van der Waals surface area contributed by atoms with Crippen LogP contribution in [0.25, 0.3) is 0 Å². The van der Waals surface area contributed by atoms with Gasteiger partial charge >= 0.3 is 0 Å². The van der Waals surface area contributed by atoms with Crippen LogP contribution in [0, 0.1) is 0 Å². The second kappa shape index (κ2) is 4.34. The molecule has 1 fully saturated rings. The van der Waals surface area contributed by atoms with Crippen LogP contribution in [0.2, 0.25) is 0 Å². The molecule has 6 heteroatoms. The van der Waals surface area contributed by atoms with Gasteiger partial charge in [0.05, 0.1) is 6.61 Å². The van der Waals surface area contributed by atoms with Gasteiger partial charge in [-0.25, -0.2) is 0 Å². The predicted molar refractivity (Wildman–Crippen MR) is 53.8 cm³/mol. The van der Waals surface area contributed by atoms with Crippen molar-refractivity contribution in [2.24, 2.45) is 0 Å². The van der Waals surface area contributed by atoms with E-state index in [1.54, 1.807) is 0 Å². The molecular formula is C10H13NO5. The van der Waals surface area contributed by atoms with Crippen molar-refractivity contribution in [1.29, 1.82) is 0 Å². The van der Waals surface area contributed by atoms with Crippen LogP contribution in [0.15, 0.2) is 23.1 Å². The Morgan fingerprint density at radius 1 is 1.31 bits per heavy atom. The van der Waals surface area contributed by atoms with E-state index < -0.39 is 24.4 Å². The summed E-state index contributed by atoms with van der Waals surface area (Å²) >= 11 is 0. The van der Waals surface area contributed by atoms with E-state index in [-0.39, 0.29) is 12.2 Å². The minimum Gasteiger partial charge on any atom is -0.394 e. The van der Waals surface area contributed by atoms with Crippen LogP contribution in [0.5, 0.6) is 0 Å². The average molecular weight is 227 g/mol. The summed E-state index contributed by atoms with van der Waals surface area (Å²) in [5.41, 5.74) is 0.303. The van der Waals surface area contributed by atoms with Gasteiger partial charge in [-0.15, -0.1) is 0 Å². The molecule has 2 heterocycles. The third-order valence-electron chi connectivity index (χ3n) is 2.68. The molecule has 0 unspecified atom stereocenters. The molecular weight excluding hydrogens is 214 g/mol. The molecule has 1 saturated heterocycles. The summed E-state index contributed by atoms with van der Waals surface area (Å²) in [5, 5.41) is 28.1. The van der Waals surface area contributed by atoms with Crippen molar-refractivity contribution in [2.45, 2.75) is 24.4 Å². The molecule has 0 saturated carbocycles. The Morgan fingerprint density at radius 3 is 2.56 bits per heavy atom. The van der Waals surface area contributed by atoms with Crippen LogP contribution in [-0.4, -0.2) is 45.2 Å². The first-order valence-corrected chi connectivity index (χ1v) is 4.94. The highest BCUT2D eigenvalue weighted by atomic mass is 16.6. The minimum absolute atomic E-state index is 0.254. The van der Waals surface area contributed by atoms with E-state index in [4.69, 9.17) is 9.84 Å². The number of rotatable bonds is 2. The fraction of sp³-hybridized carbons (Fsp3) is 0.500. The van der Waals surface area contributed by atoms with Gasteiger partial charge in [-0.3, -0.25) is 4.79 Å². The average Bonchev–Trinajstić information content (AvgIpc) is 2.57. The van der Waals surface area contributed by atoms with Gasteiger partial charge in [0, 0.05) is 12.3 Å². The fourth-order valence-electron chi connectivity index (χ4n) is 1.77. The van der Waals surface area contributed by atoms with Crippen molar-refractivity contribution in [3.8, 4) is 0 Å². The normalized spacial score (nSPS) is 34.2. The molecule has 1 aliphatic heterocycles. The van der Waals surface area contributed by atoms with E-state index in [1.807, 2.05) is 0 Å². The summed E-state index contributed by atoms with van der Waals surface area (Å²) < 4.78 is 5.29. The molecule has 0 bridgehead atoms. The van der Waals surface area contributed by atoms with Gasteiger partial charge < -0.3 is 25.0 Å². The number of aromatic amines is 1. The first-order valence-electron chi connectivity index (χ1n) is 4.94. The number of ether oxygens (including phenoxy) is 1. The number of nitrogens with one attached hydrogen (secondary N) is 1. The lowest BCUT2D eigenvalue weighted by molar-refractivity contribution is -0.0228. The summed E-state index contributed by atoms with van der Waals surface area (Å²) in [6, 6.07) is 2.82. The van der Waals surface area contributed by atoms with E-state index in [0.717, 1.165) is 0 Å². The van der Waals surface area contributed by atoms with Crippen molar-refractivity contribution in [3.63, 3.8) is 0 Å². The number of hydrogen-bond acceptors (Lipinski definition) is 5. The zero-order chi connectivity index (χ0) is 11.7. The smallest absolute Gasteiger partial charge is 0.247 e. The van der Waals surface area contributed by atoms with Crippen LogP contribution in [0.4, 0.5) is 0 Å². The largest absolute Gasteiger partial charge is 0.394 e. The van der Waals surface area contributed by atoms with Gasteiger partial charge in [0.25, 0.3) is 0 Å². The summed E-state index contributed by atoms with van der Waals surface area (Å²) in [4.78, 5) is 13.3.